The summed E-state index contributed by atoms with van der Waals surface area (Å²) in [4.78, 5) is 32.1. The third kappa shape index (κ3) is 5.16. The van der Waals surface area contributed by atoms with E-state index in [9.17, 15) is 9.59 Å². The smallest absolute Gasteiger partial charge is 0.303 e. The maximum atomic E-state index is 15.1. The molecule has 0 N–H and O–H groups in total. The maximum Gasteiger partial charge on any atom is 0.303 e. The first-order chi connectivity index (χ1) is 18.2. The van der Waals surface area contributed by atoms with Gasteiger partial charge in [-0.05, 0) is 62.3 Å². The lowest BCUT2D eigenvalue weighted by molar-refractivity contribution is -0.151. The van der Waals surface area contributed by atoms with Gasteiger partial charge in [0.2, 0.25) is 5.89 Å². The molecule has 204 valence electrons. The Bertz CT molecular complexity index is 1320. The number of likely N-dealkylation sites (tertiary alicyclic amines) is 2. The summed E-state index contributed by atoms with van der Waals surface area (Å²) in [5.41, 5.74) is 1.73. The molecule has 0 radical (unpaired) electrons. The predicted octanol–water partition coefficient (Wildman–Crippen LogP) is 3.71. The molecule has 5 rings (SSSR count). The van der Waals surface area contributed by atoms with Crippen LogP contribution in [0.25, 0.3) is 16.9 Å². The van der Waals surface area contributed by atoms with Crippen LogP contribution >= 0.6 is 0 Å². The van der Waals surface area contributed by atoms with E-state index < -0.39 is 5.97 Å². The van der Waals surface area contributed by atoms with Gasteiger partial charge in [-0.25, -0.2) is 4.39 Å². The number of halogens is 1. The summed E-state index contributed by atoms with van der Waals surface area (Å²) in [6, 6.07) is 4.10. The fraction of sp³-hybridized carbons (Fsp3) is 0.593. The number of nitrogens with zero attached hydrogens (tertiary/aromatic N) is 6. The molecule has 38 heavy (non-hydrogen) atoms. The van der Waals surface area contributed by atoms with Gasteiger partial charge in [0, 0.05) is 37.4 Å². The Labute approximate surface area is 221 Å². The van der Waals surface area contributed by atoms with Gasteiger partial charge >= 0.3 is 5.97 Å². The summed E-state index contributed by atoms with van der Waals surface area (Å²) < 4.78 is 27.1. The van der Waals surface area contributed by atoms with Crippen molar-refractivity contribution in [3.63, 3.8) is 0 Å². The van der Waals surface area contributed by atoms with Crippen molar-refractivity contribution in [3.05, 3.63) is 35.1 Å². The number of benzene rings is 1. The molecule has 0 saturated carbocycles. The maximum absolute atomic E-state index is 15.1. The summed E-state index contributed by atoms with van der Waals surface area (Å²) in [6.45, 7) is 10.1. The lowest BCUT2D eigenvalue weighted by atomic mass is 9.93. The van der Waals surface area contributed by atoms with Crippen molar-refractivity contribution in [2.45, 2.75) is 71.3 Å². The number of ether oxygens (including phenoxy) is 1. The quantitative estimate of drug-likeness (QED) is 0.448. The molecule has 0 unspecified atom stereocenters. The van der Waals surface area contributed by atoms with E-state index >= 15 is 4.39 Å². The normalized spacial score (nSPS) is 18.0. The van der Waals surface area contributed by atoms with Crippen LogP contribution < -0.4 is 0 Å². The van der Waals surface area contributed by atoms with Crippen LogP contribution in [0.1, 0.15) is 75.4 Å². The highest BCUT2D eigenvalue weighted by molar-refractivity contribution is 5.85. The molecule has 4 heterocycles. The second kappa shape index (κ2) is 10.8. The topological polar surface area (TPSA) is 107 Å². The Morgan fingerprint density at radius 2 is 1.84 bits per heavy atom. The third-order valence-electron chi connectivity index (χ3n) is 7.78. The van der Waals surface area contributed by atoms with Gasteiger partial charge in [0.05, 0.1) is 5.69 Å². The number of aryl methyl sites for hydroxylation is 1. The second-order valence-electron chi connectivity index (χ2n) is 10.7. The van der Waals surface area contributed by atoms with E-state index in [1.54, 1.807) is 17.9 Å². The first-order valence-corrected chi connectivity index (χ1v) is 13.4. The van der Waals surface area contributed by atoms with Crippen molar-refractivity contribution in [1.82, 2.24) is 29.7 Å². The van der Waals surface area contributed by atoms with Crippen LogP contribution in [-0.4, -0.2) is 80.4 Å². The first kappa shape index (κ1) is 26.3. The fourth-order valence-electron chi connectivity index (χ4n) is 5.59. The molecular weight excluding hydrogens is 491 g/mol. The van der Waals surface area contributed by atoms with Crippen LogP contribution in [0.4, 0.5) is 4.39 Å². The standard InChI is InChI=1S/C27H35FN6O4/c1-16(2)24-21-6-5-17(3)23(28)25(21)34(30-24)27-29-26(38-31-27)19-7-11-32(12-8-19)20-9-13-33(14-10-20)22(36)15-37-18(4)35/h5-6,16,19-20H,7-15H2,1-4H3. The van der Waals surface area contributed by atoms with Crippen LogP contribution in [0.15, 0.2) is 16.7 Å². The van der Waals surface area contributed by atoms with Crippen molar-refractivity contribution in [2.75, 3.05) is 32.8 Å². The summed E-state index contributed by atoms with van der Waals surface area (Å²) in [5.74, 6) is 0.185. The monoisotopic (exact) mass is 526 g/mol. The number of carbonyl (C=O) groups excluding carboxylic acids is 2. The second-order valence-corrected chi connectivity index (χ2v) is 10.7. The molecule has 0 spiro atoms. The number of fused-ring (bicyclic) bond motifs is 1. The number of piperidine rings is 2. The van der Waals surface area contributed by atoms with Gasteiger partial charge in [0.1, 0.15) is 5.52 Å². The van der Waals surface area contributed by atoms with E-state index in [1.165, 1.54) is 11.6 Å². The number of aromatic nitrogens is 4. The molecule has 0 aliphatic carbocycles. The molecule has 2 saturated heterocycles. The molecule has 0 bridgehead atoms. The van der Waals surface area contributed by atoms with Crippen molar-refractivity contribution in [3.8, 4) is 5.95 Å². The zero-order valence-corrected chi connectivity index (χ0v) is 22.4. The van der Waals surface area contributed by atoms with Gasteiger partial charge in [-0.1, -0.05) is 26.0 Å². The average molecular weight is 527 g/mol. The number of esters is 1. The van der Waals surface area contributed by atoms with E-state index in [-0.39, 0.29) is 36.1 Å². The minimum Gasteiger partial charge on any atom is -0.456 e. The molecule has 1 amide bonds. The molecule has 1 aromatic carbocycles. The Morgan fingerprint density at radius 1 is 1.13 bits per heavy atom. The highest BCUT2D eigenvalue weighted by Gasteiger charge is 2.32. The average Bonchev–Trinajstić information content (AvgIpc) is 3.55. The van der Waals surface area contributed by atoms with Crippen molar-refractivity contribution in [1.29, 1.82) is 0 Å². The summed E-state index contributed by atoms with van der Waals surface area (Å²) in [7, 11) is 0. The van der Waals surface area contributed by atoms with Crippen LogP contribution in [0, 0.1) is 12.7 Å². The zero-order chi connectivity index (χ0) is 27.0. The van der Waals surface area contributed by atoms with E-state index in [0.717, 1.165) is 49.9 Å². The number of rotatable bonds is 6. The van der Waals surface area contributed by atoms with Crippen LogP contribution in [-0.2, 0) is 14.3 Å². The lowest BCUT2D eigenvalue weighted by Crippen LogP contribution is -2.49. The highest BCUT2D eigenvalue weighted by Crippen LogP contribution is 2.32. The molecular formula is C27H35FN6O4. The Kier molecular flexibility index (Phi) is 7.47. The Morgan fingerprint density at radius 3 is 2.50 bits per heavy atom. The van der Waals surface area contributed by atoms with Crippen molar-refractivity contribution < 1.29 is 23.2 Å². The van der Waals surface area contributed by atoms with E-state index in [1.807, 2.05) is 19.9 Å². The molecule has 2 aliphatic rings. The molecule has 11 heteroatoms. The highest BCUT2D eigenvalue weighted by atomic mass is 19.1. The van der Waals surface area contributed by atoms with Gasteiger partial charge in [0.15, 0.2) is 12.4 Å². The summed E-state index contributed by atoms with van der Waals surface area (Å²) in [6.07, 6.45) is 3.57. The van der Waals surface area contributed by atoms with Gasteiger partial charge < -0.3 is 19.1 Å². The van der Waals surface area contributed by atoms with E-state index in [0.29, 0.717) is 36.1 Å². The molecule has 2 aliphatic heterocycles. The fourth-order valence-corrected chi connectivity index (χ4v) is 5.59. The molecule has 10 nitrogen and oxygen atoms in total. The molecule has 2 fully saturated rings. The Balaban J connectivity index is 1.21. The molecule has 2 aromatic heterocycles. The van der Waals surface area contributed by atoms with E-state index in [4.69, 9.17) is 9.26 Å². The van der Waals surface area contributed by atoms with Gasteiger partial charge in [-0.2, -0.15) is 14.8 Å². The van der Waals surface area contributed by atoms with Crippen LogP contribution in [0.5, 0.6) is 0 Å². The van der Waals surface area contributed by atoms with Gasteiger partial charge in [0.25, 0.3) is 11.9 Å². The Hall–Kier alpha value is -3.34. The van der Waals surface area contributed by atoms with Crippen LogP contribution in [0.2, 0.25) is 0 Å². The zero-order valence-electron chi connectivity index (χ0n) is 22.4. The van der Waals surface area contributed by atoms with E-state index in [2.05, 4.69) is 20.1 Å². The van der Waals surface area contributed by atoms with Crippen molar-refractivity contribution >= 4 is 22.8 Å². The minimum atomic E-state index is -0.440. The summed E-state index contributed by atoms with van der Waals surface area (Å²) in [5, 5.41) is 9.61. The first-order valence-electron chi connectivity index (χ1n) is 13.4. The number of amides is 1. The molecule has 3 aromatic rings. The lowest BCUT2D eigenvalue weighted by Gasteiger charge is -2.41. The minimum absolute atomic E-state index is 0.121. The van der Waals surface area contributed by atoms with Gasteiger partial charge in [-0.3, -0.25) is 9.59 Å². The van der Waals surface area contributed by atoms with Crippen LogP contribution in [0.3, 0.4) is 0 Å². The number of carbonyl (C=O) groups is 2. The SMILES string of the molecule is CC(=O)OCC(=O)N1CCC(N2CCC(c3nc(-n4nc(C(C)C)c5ccc(C)c(F)c54)no3)CC2)CC1. The molecule has 0 atom stereocenters. The number of hydrogen-bond donors (Lipinski definition) is 0. The van der Waals surface area contributed by atoms with Gasteiger partial charge in [-0.15, -0.1) is 0 Å². The third-order valence-corrected chi connectivity index (χ3v) is 7.78. The number of hydrogen-bond acceptors (Lipinski definition) is 8. The van der Waals surface area contributed by atoms with Crippen molar-refractivity contribution in [2.24, 2.45) is 0 Å². The largest absolute Gasteiger partial charge is 0.456 e. The summed E-state index contributed by atoms with van der Waals surface area (Å²) >= 11 is 0. The predicted molar refractivity (Wildman–Crippen MR) is 137 cm³/mol.